The van der Waals surface area contributed by atoms with Crippen LogP contribution in [0.3, 0.4) is 0 Å². The molecule has 1 aromatic heterocycles. The number of rotatable bonds is 2. The molecule has 2 heteroatoms. The molecule has 29 heavy (non-hydrogen) atoms. The highest BCUT2D eigenvalue weighted by Gasteiger charge is 2.32. The number of nitrogens with zero attached hydrogens (tertiary/aromatic N) is 1. The van der Waals surface area contributed by atoms with E-state index in [0.717, 1.165) is 5.75 Å². The standard InChI is InChI=1S/C27H23NO/c1-17(2)28-24-9-5-3-7-20(24)22-15-18(11-13-25(22)28)19-12-14-27-23(16-19)21-8-4-6-10-26(21)29-27/h3-17,21,26H,1-2H3. The first-order valence-corrected chi connectivity index (χ1v) is 10.4. The van der Waals surface area contributed by atoms with Crippen molar-refractivity contribution in [3.63, 3.8) is 0 Å². The number of hydrogen-bond donors (Lipinski definition) is 0. The Morgan fingerprint density at radius 3 is 2.45 bits per heavy atom. The average molecular weight is 377 g/mol. The predicted octanol–water partition coefficient (Wildman–Crippen LogP) is 7.01. The average Bonchev–Trinajstić information content (AvgIpc) is 3.28. The van der Waals surface area contributed by atoms with Gasteiger partial charge in [-0.25, -0.2) is 0 Å². The van der Waals surface area contributed by atoms with Crippen molar-refractivity contribution < 1.29 is 4.74 Å². The van der Waals surface area contributed by atoms with Crippen LogP contribution in [0.1, 0.15) is 31.4 Å². The maximum absolute atomic E-state index is 6.12. The quantitative estimate of drug-likeness (QED) is 0.366. The topological polar surface area (TPSA) is 14.2 Å². The molecule has 3 aromatic carbocycles. The highest BCUT2D eigenvalue weighted by Crippen LogP contribution is 2.43. The summed E-state index contributed by atoms with van der Waals surface area (Å²) < 4.78 is 8.56. The van der Waals surface area contributed by atoms with Crippen molar-refractivity contribution in [2.45, 2.75) is 31.9 Å². The first-order chi connectivity index (χ1) is 14.2. The fraction of sp³-hybridized carbons (Fsp3) is 0.185. The molecule has 2 atom stereocenters. The minimum Gasteiger partial charge on any atom is -0.485 e. The van der Waals surface area contributed by atoms with Gasteiger partial charge in [-0.2, -0.15) is 0 Å². The maximum Gasteiger partial charge on any atom is 0.128 e. The molecule has 2 nitrogen and oxygen atoms in total. The molecule has 4 aromatic rings. The molecular formula is C27H23NO. The number of benzene rings is 3. The number of fused-ring (bicyclic) bond motifs is 6. The Bertz CT molecular complexity index is 1320. The minimum absolute atomic E-state index is 0.136. The van der Waals surface area contributed by atoms with Crippen molar-refractivity contribution in [3.8, 4) is 16.9 Å². The summed E-state index contributed by atoms with van der Waals surface area (Å²) >= 11 is 0. The Labute approximate surface area is 170 Å². The van der Waals surface area contributed by atoms with Gasteiger partial charge in [0.1, 0.15) is 11.9 Å². The summed E-state index contributed by atoms with van der Waals surface area (Å²) in [7, 11) is 0. The fourth-order valence-electron chi connectivity index (χ4n) is 4.96. The zero-order valence-electron chi connectivity index (χ0n) is 16.7. The van der Waals surface area contributed by atoms with Gasteiger partial charge in [-0.1, -0.05) is 48.6 Å². The molecular weight excluding hydrogens is 354 g/mol. The summed E-state index contributed by atoms with van der Waals surface area (Å²) in [5, 5.41) is 2.64. The number of ether oxygens (including phenoxy) is 1. The largest absolute Gasteiger partial charge is 0.485 e. The molecule has 0 spiro atoms. The van der Waals surface area contributed by atoms with Crippen LogP contribution in [0.5, 0.6) is 5.75 Å². The molecule has 2 unspecified atom stereocenters. The van der Waals surface area contributed by atoms with Gasteiger partial charge in [0, 0.05) is 39.3 Å². The summed E-state index contributed by atoms with van der Waals surface area (Å²) in [6.45, 7) is 4.51. The smallest absolute Gasteiger partial charge is 0.128 e. The van der Waals surface area contributed by atoms with Crippen molar-refractivity contribution in [1.29, 1.82) is 0 Å². The second kappa shape index (κ2) is 6.12. The lowest BCUT2D eigenvalue weighted by Gasteiger charge is -2.14. The minimum atomic E-state index is 0.136. The van der Waals surface area contributed by atoms with Crippen molar-refractivity contribution in [3.05, 3.63) is 90.5 Å². The van der Waals surface area contributed by atoms with Crippen LogP contribution >= 0.6 is 0 Å². The molecule has 0 N–H and O–H groups in total. The molecule has 1 aliphatic heterocycles. The van der Waals surface area contributed by atoms with Gasteiger partial charge in [-0.05, 0) is 61.4 Å². The van der Waals surface area contributed by atoms with Crippen molar-refractivity contribution in [2.75, 3.05) is 0 Å². The van der Waals surface area contributed by atoms with Crippen molar-refractivity contribution in [2.24, 2.45) is 0 Å². The first-order valence-electron chi connectivity index (χ1n) is 10.4. The van der Waals surface area contributed by atoms with Gasteiger partial charge in [0.25, 0.3) is 0 Å². The molecule has 2 aliphatic rings. The van der Waals surface area contributed by atoms with E-state index in [9.17, 15) is 0 Å². The van der Waals surface area contributed by atoms with E-state index < -0.39 is 0 Å². The Kier molecular flexibility index (Phi) is 3.52. The maximum atomic E-state index is 6.12. The zero-order valence-corrected chi connectivity index (χ0v) is 16.7. The Balaban J connectivity index is 1.52. The normalized spacial score (nSPS) is 19.7. The Hall–Kier alpha value is -3.26. The van der Waals surface area contributed by atoms with Crippen LogP contribution in [-0.4, -0.2) is 10.7 Å². The van der Waals surface area contributed by atoms with E-state index in [1.165, 1.54) is 38.5 Å². The van der Waals surface area contributed by atoms with Crippen LogP contribution in [0.15, 0.2) is 85.0 Å². The lowest BCUT2D eigenvalue weighted by molar-refractivity contribution is 0.269. The fourth-order valence-corrected chi connectivity index (χ4v) is 4.96. The van der Waals surface area contributed by atoms with Crippen molar-refractivity contribution >= 4 is 21.8 Å². The van der Waals surface area contributed by atoms with Crippen LogP contribution in [0, 0.1) is 0 Å². The predicted molar refractivity (Wildman–Crippen MR) is 121 cm³/mol. The molecule has 0 amide bonds. The van der Waals surface area contributed by atoms with Crippen LogP contribution in [0.2, 0.25) is 0 Å². The second-order valence-electron chi connectivity index (χ2n) is 8.34. The number of para-hydroxylation sites is 1. The van der Waals surface area contributed by atoms with Gasteiger partial charge in [0.05, 0.1) is 0 Å². The van der Waals surface area contributed by atoms with Crippen LogP contribution in [0.4, 0.5) is 0 Å². The Morgan fingerprint density at radius 1 is 0.793 bits per heavy atom. The van der Waals surface area contributed by atoms with E-state index in [-0.39, 0.29) is 6.10 Å². The highest BCUT2D eigenvalue weighted by atomic mass is 16.5. The summed E-state index contributed by atoms with van der Waals surface area (Å²) in [6.07, 6.45) is 8.74. The third-order valence-electron chi connectivity index (χ3n) is 6.28. The third-order valence-corrected chi connectivity index (χ3v) is 6.28. The number of hydrogen-bond acceptors (Lipinski definition) is 1. The summed E-state index contributed by atoms with van der Waals surface area (Å²) in [4.78, 5) is 0. The van der Waals surface area contributed by atoms with E-state index in [0.29, 0.717) is 12.0 Å². The van der Waals surface area contributed by atoms with Gasteiger partial charge < -0.3 is 9.30 Å². The van der Waals surface area contributed by atoms with E-state index in [2.05, 4.69) is 103 Å². The number of aromatic nitrogens is 1. The Morgan fingerprint density at radius 2 is 1.55 bits per heavy atom. The van der Waals surface area contributed by atoms with Crippen LogP contribution < -0.4 is 4.74 Å². The van der Waals surface area contributed by atoms with Crippen LogP contribution in [-0.2, 0) is 0 Å². The summed E-state index contributed by atoms with van der Waals surface area (Å²) in [6, 6.07) is 22.7. The molecule has 6 rings (SSSR count). The molecule has 142 valence electrons. The lowest BCUT2D eigenvalue weighted by Crippen LogP contribution is -2.15. The van der Waals surface area contributed by atoms with E-state index in [1.54, 1.807) is 0 Å². The summed E-state index contributed by atoms with van der Waals surface area (Å²) in [5.41, 5.74) is 6.40. The molecule has 2 heterocycles. The van der Waals surface area contributed by atoms with E-state index >= 15 is 0 Å². The molecule has 1 aliphatic carbocycles. The van der Waals surface area contributed by atoms with Gasteiger partial charge in [0.15, 0.2) is 0 Å². The molecule has 0 saturated heterocycles. The van der Waals surface area contributed by atoms with Crippen molar-refractivity contribution in [1.82, 2.24) is 4.57 Å². The first kappa shape index (κ1) is 16.7. The molecule has 0 fully saturated rings. The molecule has 0 bridgehead atoms. The molecule has 0 radical (unpaired) electrons. The third kappa shape index (κ3) is 2.42. The zero-order chi connectivity index (χ0) is 19.5. The number of allylic oxidation sites excluding steroid dienone is 2. The molecule has 0 saturated carbocycles. The monoisotopic (exact) mass is 377 g/mol. The lowest BCUT2D eigenvalue weighted by atomic mass is 9.90. The van der Waals surface area contributed by atoms with Gasteiger partial charge >= 0.3 is 0 Å². The van der Waals surface area contributed by atoms with E-state index in [4.69, 9.17) is 4.74 Å². The van der Waals surface area contributed by atoms with E-state index in [1.807, 2.05) is 0 Å². The highest BCUT2D eigenvalue weighted by molar-refractivity contribution is 6.09. The van der Waals surface area contributed by atoms with Gasteiger partial charge in [-0.3, -0.25) is 0 Å². The SMILES string of the molecule is CC(C)n1c2ccccc2c2cc(-c3ccc4c(c3)C3C=CC=CC3O4)ccc21. The van der Waals surface area contributed by atoms with Crippen LogP contribution in [0.25, 0.3) is 32.9 Å². The second-order valence-corrected chi connectivity index (χ2v) is 8.34. The van der Waals surface area contributed by atoms with Gasteiger partial charge in [-0.15, -0.1) is 0 Å². The van der Waals surface area contributed by atoms with Gasteiger partial charge in [0.2, 0.25) is 0 Å². The summed E-state index contributed by atoms with van der Waals surface area (Å²) in [5.74, 6) is 1.33.